The van der Waals surface area contributed by atoms with Crippen LogP contribution in [0.2, 0.25) is 0 Å². The van der Waals surface area contributed by atoms with E-state index in [-0.39, 0.29) is 6.10 Å². The molecule has 3 nitrogen and oxygen atoms in total. The summed E-state index contributed by atoms with van der Waals surface area (Å²) in [6, 6.07) is 1.81. The fourth-order valence-electron chi connectivity index (χ4n) is 2.20. The van der Waals surface area contributed by atoms with E-state index >= 15 is 0 Å². The Hall–Kier alpha value is -1.16. The SMILES string of the molecule is CC1CCC(Oc2cnccc2C(N)=S)CC1. The third-order valence-corrected chi connectivity index (χ3v) is 3.53. The van der Waals surface area contributed by atoms with Gasteiger partial charge in [-0.1, -0.05) is 19.1 Å². The van der Waals surface area contributed by atoms with Crippen molar-refractivity contribution in [1.82, 2.24) is 4.98 Å². The van der Waals surface area contributed by atoms with Crippen LogP contribution in [0.1, 0.15) is 38.2 Å². The first kappa shape index (κ1) is 12.3. The topological polar surface area (TPSA) is 48.1 Å². The minimum Gasteiger partial charge on any atom is -0.488 e. The Balaban J connectivity index is 2.05. The van der Waals surface area contributed by atoms with E-state index in [4.69, 9.17) is 22.7 Å². The highest BCUT2D eigenvalue weighted by Gasteiger charge is 2.20. The van der Waals surface area contributed by atoms with E-state index in [1.165, 1.54) is 12.8 Å². The number of ether oxygens (including phenoxy) is 1. The van der Waals surface area contributed by atoms with Gasteiger partial charge in [0.25, 0.3) is 0 Å². The first-order valence-corrected chi connectivity index (χ1v) is 6.48. The number of aromatic nitrogens is 1. The maximum atomic E-state index is 5.97. The van der Waals surface area contributed by atoms with Crippen molar-refractivity contribution in [3.63, 3.8) is 0 Å². The first-order valence-electron chi connectivity index (χ1n) is 6.07. The number of nitrogens with two attached hydrogens (primary N) is 1. The number of thiocarbonyl (C=S) groups is 1. The highest BCUT2D eigenvalue weighted by atomic mass is 32.1. The van der Waals surface area contributed by atoms with Crippen molar-refractivity contribution in [2.24, 2.45) is 11.7 Å². The normalized spacial score (nSPS) is 24.3. The van der Waals surface area contributed by atoms with Gasteiger partial charge in [-0.2, -0.15) is 0 Å². The highest BCUT2D eigenvalue weighted by molar-refractivity contribution is 7.80. The van der Waals surface area contributed by atoms with Gasteiger partial charge in [0.1, 0.15) is 10.7 Å². The molecule has 0 saturated heterocycles. The smallest absolute Gasteiger partial charge is 0.148 e. The molecular weight excluding hydrogens is 232 g/mol. The van der Waals surface area contributed by atoms with E-state index in [1.807, 2.05) is 6.07 Å². The quantitative estimate of drug-likeness (QED) is 0.838. The minimum atomic E-state index is 0.281. The molecule has 4 heteroatoms. The Morgan fingerprint density at radius 2 is 2.12 bits per heavy atom. The van der Waals surface area contributed by atoms with Gasteiger partial charge in [0.15, 0.2) is 0 Å². The van der Waals surface area contributed by atoms with Gasteiger partial charge >= 0.3 is 0 Å². The Labute approximate surface area is 107 Å². The average Bonchev–Trinajstić information content (AvgIpc) is 2.32. The van der Waals surface area contributed by atoms with Gasteiger partial charge in [-0.25, -0.2) is 0 Å². The molecule has 1 aliphatic rings. The molecule has 0 amide bonds. The summed E-state index contributed by atoms with van der Waals surface area (Å²) < 4.78 is 5.97. The van der Waals surface area contributed by atoms with Crippen molar-refractivity contribution in [3.8, 4) is 5.75 Å². The van der Waals surface area contributed by atoms with E-state index in [0.717, 1.165) is 30.1 Å². The van der Waals surface area contributed by atoms with Gasteiger partial charge in [0.2, 0.25) is 0 Å². The predicted octanol–water partition coefficient (Wildman–Crippen LogP) is 2.67. The van der Waals surface area contributed by atoms with E-state index in [1.54, 1.807) is 12.4 Å². The monoisotopic (exact) mass is 250 g/mol. The first-order chi connectivity index (χ1) is 8.16. The van der Waals surface area contributed by atoms with Crippen LogP contribution in [0.3, 0.4) is 0 Å². The third-order valence-electron chi connectivity index (χ3n) is 3.31. The van der Waals surface area contributed by atoms with E-state index in [0.29, 0.717) is 4.99 Å². The molecule has 0 aliphatic heterocycles. The Kier molecular flexibility index (Phi) is 3.94. The summed E-state index contributed by atoms with van der Waals surface area (Å²) in [5, 5.41) is 0. The fourth-order valence-corrected chi connectivity index (χ4v) is 2.37. The van der Waals surface area contributed by atoms with Crippen LogP contribution in [-0.2, 0) is 0 Å². The maximum absolute atomic E-state index is 5.97. The number of hydrogen-bond acceptors (Lipinski definition) is 3. The molecular formula is C13H18N2OS. The van der Waals surface area contributed by atoms with Crippen LogP contribution in [0.4, 0.5) is 0 Å². The largest absolute Gasteiger partial charge is 0.488 e. The van der Waals surface area contributed by atoms with E-state index < -0.39 is 0 Å². The summed E-state index contributed by atoms with van der Waals surface area (Å²) in [6.07, 6.45) is 8.33. The zero-order chi connectivity index (χ0) is 12.3. The average molecular weight is 250 g/mol. The van der Waals surface area contributed by atoms with Crippen LogP contribution in [0, 0.1) is 5.92 Å². The van der Waals surface area contributed by atoms with Crippen molar-refractivity contribution in [3.05, 3.63) is 24.0 Å². The highest BCUT2D eigenvalue weighted by Crippen LogP contribution is 2.28. The summed E-state index contributed by atoms with van der Waals surface area (Å²) in [5.74, 6) is 1.54. The summed E-state index contributed by atoms with van der Waals surface area (Å²) in [4.78, 5) is 4.44. The van der Waals surface area contributed by atoms with Gasteiger partial charge in [-0.05, 0) is 37.7 Å². The molecule has 0 bridgehead atoms. The lowest BCUT2D eigenvalue weighted by molar-refractivity contribution is 0.135. The second-order valence-electron chi connectivity index (χ2n) is 4.74. The summed E-state index contributed by atoms with van der Waals surface area (Å²) in [7, 11) is 0. The Morgan fingerprint density at radius 1 is 1.41 bits per heavy atom. The molecule has 1 fully saturated rings. The molecule has 0 radical (unpaired) electrons. The summed E-state index contributed by atoms with van der Waals surface area (Å²) >= 11 is 5.01. The maximum Gasteiger partial charge on any atom is 0.148 e. The molecule has 92 valence electrons. The van der Waals surface area contributed by atoms with Gasteiger partial charge in [-0.15, -0.1) is 0 Å². The second kappa shape index (κ2) is 5.45. The van der Waals surface area contributed by atoms with Crippen LogP contribution in [0.5, 0.6) is 5.75 Å². The molecule has 0 unspecified atom stereocenters. The van der Waals surface area contributed by atoms with Gasteiger partial charge in [-0.3, -0.25) is 4.98 Å². The van der Waals surface area contributed by atoms with Crippen molar-refractivity contribution in [1.29, 1.82) is 0 Å². The van der Waals surface area contributed by atoms with Gasteiger partial charge < -0.3 is 10.5 Å². The lowest BCUT2D eigenvalue weighted by Gasteiger charge is -2.27. The number of rotatable bonds is 3. The zero-order valence-electron chi connectivity index (χ0n) is 10.1. The van der Waals surface area contributed by atoms with Gasteiger partial charge in [0.05, 0.1) is 17.9 Å². The minimum absolute atomic E-state index is 0.281. The lowest BCUT2D eigenvalue weighted by atomic mass is 9.89. The molecule has 2 rings (SSSR count). The van der Waals surface area contributed by atoms with Gasteiger partial charge in [0, 0.05) is 6.20 Å². The van der Waals surface area contributed by atoms with E-state index in [2.05, 4.69) is 11.9 Å². The Morgan fingerprint density at radius 3 is 2.76 bits per heavy atom. The number of pyridine rings is 1. The zero-order valence-corrected chi connectivity index (χ0v) is 10.9. The molecule has 0 aromatic carbocycles. The lowest BCUT2D eigenvalue weighted by Crippen LogP contribution is -2.24. The third kappa shape index (κ3) is 3.16. The molecule has 1 aliphatic carbocycles. The molecule has 17 heavy (non-hydrogen) atoms. The Bertz CT molecular complexity index is 400. The summed E-state index contributed by atoms with van der Waals surface area (Å²) in [6.45, 7) is 2.29. The van der Waals surface area contributed by atoms with Crippen LogP contribution >= 0.6 is 12.2 Å². The second-order valence-corrected chi connectivity index (χ2v) is 5.18. The number of hydrogen-bond donors (Lipinski definition) is 1. The van der Waals surface area contributed by atoms with E-state index in [9.17, 15) is 0 Å². The molecule has 0 spiro atoms. The molecule has 1 aromatic rings. The van der Waals surface area contributed by atoms with Crippen LogP contribution < -0.4 is 10.5 Å². The van der Waals surface area contributed by atoms with Crippen LogP contribution in [-0.4, -0.2) is 16.1 Å². The predicted molar refractivity (Wildman–Crippen MR) is 72.2 cm³/mol. The van der Waals surface area contributed by atoms with Crippen LogP contribution in [0.25, 0.3) is 0 Å². The van der Waals surface area contributed by atoms with Crippen molar-refractivity contribution >= 4 is 17.2 Å². The molecule has 1 aromatic heterocycles. The number of nitrogens with zero attached hydrogens (tertiary/aromatic N) is 1. The summed E-state index contributed by atoms with van der Waals surface area (Å²) in [5.41, 5.74) is 6.45. The standard InChI is InChI=1S/C13H18N2OS/c1-9-2-4-10(5-3-9)16-12-8-15-7-6-11(12)13(14)17/h6-10H,2-5H2,1H3,(H2,14,17). The van der Waals surface area contributed by atoms with Crippen molar-refractivity contribution in [2.45, 2.75) is 38.7 Å². The molecule has 1 saturated carbocycles. The van der Waals surface area contributed by atoms with Crippen molar-refractivity contribution in [2.75, 3.05) is 0 Å². The van der Waals surface area contributed by atoms with Crippen molar-refractivity contribution < 1.29 is 4.74 Å². The fraction of sp³-hybridized carbons (Fsp3) is 0.538. The molecule has 1 heterocycles. The van der Waals surface area contributed by atoms with Crippen LogP contribution in [0.15, 0.2) is 18.5 Å². The molecule has 0 atom stereocenters. The molecule has 2 N–H and O–H groups in total.